The minimum absolute atomic E-state index is 0.00354. The van der Waals surface area contributed by atoms with Crippen molar-refractivity contribution in [2.45, 2.75) is 12.5 Å². The molecule has 4 rings (SSSR count). The van der Waals surface area contributed by atoms with E-state index >= 15 is 0 Å². The number of hydrogen-bond donors (Lipinski definition) is 2. The van der Waals surface area contributed by atoms with E-state index < -0.39 is 6.09 Å². The molecule has 0 saturated carbocycles. The zero-order chi connectivity index (χ0) is 19.5. The van der Waals surface area contributed by atoms with E-state index in [2.05, 4.69) is 29.6 Å². The average Bonchev–Trinajstić information content (AvgIpc) is 3.06. The van der Waals surface area contributed by atoms with Gasteiger partial charge in [0.25, 0.3) is 0 Å². The second kappa shape index (κ2) is 7.74. The van der Waals surface area contributed by atoms with E-state index in [-0.39, 0.29) is 19.1 Å². The van der Waals surface area contributed by atoms with Crippen molar-refractivity contribution >= 4 is 11.8 Å². The number of amides is 1. The first-order chi connectivity index (χ1) is 13.7. The van der Waals surface area contributed by atoms with Crippen molar-refractivity contribution in [1.82, 2.24) is 0 Å². The Morgan fingerprint density at radius 2 is 1.64 bits per heavy atom. The summed E-state index contributed by atoms with van der Waals surface area (Å²) < 4.78 is 10.8. The second-order valence-electron chi connectivity index (χ2n) is 6.64. The zero-order valence-corrected chi connectivity index (χ0v) is 15.5. The van der Waals surface area contributed by atoms with E-state index in [0.717, 1.165) is 11.1 Å². The Bertz CT molecular complexity index is 969. The van der Waals surface area contributed by atoms with Crippen LogP contribution in [0.5, 0.6) is 5.75 Å². The average molecular weight is 375 g/mol. The maximum Gasteiger partial charge on any atom is 0.411 e. The highest BCUT2D eigenvalue weighted by Gasteiger charge is 2.29. The SMILES string of the molecule is COc1ccc(CO)cc1NC(=O)OCC1c2ccccc2-c2ccccc21. The Kier molecular flexibility index (Phi) is 5.00. The second-order valence-corrected chi connectivity index (χ2v) is 6.64. The fourth-order valence-electron chi connectivity index (χ4n) is 3.70. The van der Waals surface area contributed by atoms with E-state index in [1.165, 1.54) is 18.2 Å². The molecule has 3 aromatic rings. The summed E-state index contributed by atoms with van der Waals surface area (Å²) in [6.45, 7) is 0.116. The molecule has 0 fully saturated rings. The Balaban J connectivity index is 1.50. The van der Waals surface area contributed by atoms with Gasteiger partial charge in [0.2, 0.25) is 0 Å². The highest BCUT2D eigenvalue weighted by molar-refractivity contribution is 5.87. The highest BCUT2D eigenvalue weighted by atomic mass is 16.5. The lowest BCUT2D eigenvalue weighted by Gasteiger charge is -2.16. The summed E-state index contributed by atoms with van der Waals surface area (Å²) in [6, 6.07) is 21.5. The van der Waals surface area contributed by atoms with Gasteiger partial charge in [-0.25, -0.2) is 4.79 Å². The monoisotopic (exact) mass is 375 g/mol. The molecular weight excluding hydrogens is 354 g/mol. The number of aliphatic hydroxyl groups excluding tert-OH is 1. The van der Waals surface area contributed by atoms with Gasteiger partial charge >= 0.3 is 6.09 Å². The molecule has 0 radical (unpaired) electrons. The molecule has 5 heteroatoms. The minimum Gasteiger partial charge on any atom is -0.495 e. The molecule has 28 heavy (non-hydrogen) atoms. The number of carbonyl (C=O) groups excluding carboxylic acids is 1. The molecule has 0 saturated heterocycles. The van der Waals surface area contributed by atoms with Crippen LogP contribution in [0.1, 0.15) is 22.6 Å². The van der Waals surface area contributed by atoms with Gasteiger partial charge in [-0.15, -0.1) is 0 Å². The normalized spacial score (nSPS) is 12.2. The number of fused-ring (bicyclic) bond motifs is 3. The third-order valence-corrected chi connectivity index (χ3v) is 5.03. The van der Waals surface area contributed by atoms with Gasteiger partial charge in [-0.2, -0.15) is 0 Å². The van der Waals surface area contributed by atoms with Crippen LogP contribution in [0.3, 0.4) is 0 Å². The lowest BCUT2D eigenvalue weighted by molar-refractivity contribution is 0.158. The first kappa shape index (κ1) is 18.1. The predicted octanol–water partition coefficient (Wildman–Crippen LogP) is 4.55. The number of benzene rings is 3. The molecule has 0 spiro atoms. The molecule has 0 atom stereocenters. The minimum atomic E-state index is -0.560. The van der Waals surface area contributed by atoms with Crippen LogP contribution in [0.15, 0.2) is 66.7 Å². The first-order valence-corrected chi connectivity index (χ1v) is 9.11. The van der Waals surface area contributed by atoms with Gasteiger partial charge in [0.15, 0.2) is 0 Å². The smallest absolute Gasteiger partial charge is 0.411 e. The first-order valence-electron chi connectivity index (χ1n) is 9.11. The molecule has 0 heterocycles. The fraction of sp³-hybridized carbons (Fsp3) is 0.174. The summed E-state index contributed by atoms with van der Waals surface area (Å²) in [5.41, 5.74) is 5.84. The quantitative estimate of drug-likeness (QED) is 0.687. The van der Waals surface area contributed by atoms with Crippen molar-refractivity contribution in [2.24, 2.45) is 0 Å². The van der Waals surface area contributed by atoms with Gasteiger partial charge in [-0.1, -0.05) is 54.6 Å². The van der Waals surface area contributed by atoms with E-state index in [0.29, 0.717) is 17.0 Å². The van der Waals surface area contributed by atoms with Crippen LogP contribution in [0, 0.1) is 0 Å². The predicted molar refractivity (Wildman–Crippen MR) is 108 cm³/mol. The van der Waals surface area contributed by atoms with E-state index in [1.54, 1.807) is 18.2 Å². The van der Waals surface area contributed by atoms with Crippen LogP contribution in [0.4, 0.5) is 10.5 Å². The fourth-order valence-corrected chi connectivity index (χ4v) is 3.70. The summed E-state index contributed by atoms with van der Waals surface area (Å²) in [6.07, 6.45) is -0.560. The Labute approximate surface area is 163 Å². The highest BCUT2D eigenvalue weighted by Crippen LogP contribution is 2.44. The Morgan fingerprint density at radius 1 is 1.00 bits per heavy atom. The van der Waals surface area contributed by atoms with E-state index in [1.807, 2.05) is 24.3 Å². The van der Waals surface area contributed by atoms with Crippen molar-refractivity contribution in [3.63, 3.8) is 0 Å². The molecule has 1 aliphatic rings. The molecule has 0 aliphatic heterocycles. The molecule has 0 aromatic heterocycles. The summed E-state index contributed by atoms with van der Waals surface area (Å²) in [4.78, 5) is 12.4. The molecule has 1 amide bonds. The van der Waals surface area contributed by atoms with Crippen molar-refractivity contribution in [3.8, 4) is 16.9 Å². The number of aliphatic hydroxyl groups is 1. The number of carbonyl (C=O) groups is 1. The van der Waals surface area contributed by atoms with Crippen LogP contribution in [0.2, 0.25) is 0 Å². The van der Waals surface area contributed by atoms with Gasteiger partial charge in [0.05, 0.1) is 19.4 Å². The van der Waals surface area contributed by atoms with Crippen molar-refractivity contribution in [2.75, 3.05) is 19.0 Å². The summed E-state index contributed by atoms with van der Waals surface area (Å²) >= 11 is 0. The lowest BCUT2D eigenvalue weighted by Crippen LogP contribution is -2.18. The number of ether oxygens (including phenoxy) is 2. The maximum absolute atomic E-state index is 12.4. The lowest BCUT2D eigenvalue weighted by atomic mass is 9.98. The third-order valence-electron chi connectivity index (χ3n) is 5.03. The number of hydrogen-bond acceptors (Lipinski definition) is 4. The molecule has 5 nitrogen and oxygen atoms in total. The van der Waals surface area contributed by atoms with Gasteiger partial charge in [-0.05, 0) is 39.9 Å². The van der Waals surface area contributed by atoms with Crippen molar-refractivity contribution in [3.05, 3.63) is 83.4 Å². The maximum atomic E-state index is 12.4. The summed E-state index contributed by atoms with van der Waals surface area (Å²) in [5, 5.41) is 12.0. The number of anilines is 1. The zero-order valence-electron chi connectivity index (χ0n) is 15.5. The largest absolute Gasteiger partial charge is 0.495 e. The van der Waals surface area contributed by atoms with Crippen LogP contribution in [-0.2, 0) is 11.3 Å². The van der Waals surface area contributed by atoms with Crippen LogP contribution in [0.25, 0.3) is 11.1 Å². The van der Waals surface area contributed by atoms with Crippen molar-refractivity contribution in [1.29, 1.82) is 0 Å². The molecule has 0 bridgehead atoms. The molecule has 2 N–H and O–H groups in total. The Hall–Kier alpha value is -3.31. The van der Waals surface area contributed by atoms with Gasteiger partial charge in [0, 0.05) is 5.92 Å². The van der Waals surface area contributed by atoms with Gasteiger partial charge in [0.1, 0.15) is 12.4 Å². The standard InChI is InChI=1S/C23H21NO4/c1-27-22-11-10-15(13-25)12-21(22)24-23(26)28-14-20-18-8-4-2-6-16(18)17-7-3-5-9-19(17)20/h2-12,20,25H,13-14H2,1H3,(H,24,26). The molecule has 1 aliphatic carbocycles. The molecule has 142 valence electrons. The van der Waals surface area contributed by atoms with E-state index in [4.69, 9.17) is 9.47 Å². The topological polar surface area (TPSA) is 67.8 Å². The van der Waals surface area contributed by atoms with Crippen LogP contribution >= 0.6 is 0 Å². The molecule has 3 aromatic carbocycles. The number of methoxy groups -OCH3 is 1. The third kappa shape index (κ3) is 3.32. The van der Waals surface area contributed by atoms with Crippen LogP contribution < -0.4 is 10.1 Å². The Morgan fingerprint density at radius 3 is 2.25 bits per heavy atom. The summed E-state index contributed by atoms with van der Waals surface area (Å²) in [7, 11) is 1.52. The van der Waals surface area contributed by atoms with Crippen molar-refractivity contribution < 1.29 is 19.4 Å². The number of rotatable bonds is 5. The molecule has 0 unspecified atom stereocenters. The van der Waals surface area contributed by atoms with E-state index in [9.17, 15) is 9.90 Å². The molecular formula is C23H21NO4. The van der Waals surface area contributed by atoms with Gasteiger partial charge < -0.3 is 14.6 Å². The van der Waals surface area contributed by atoms with Crippen LogP contribution in [-0.4, -0.2) is 24.9 Å². The number of nitrogens with one attached hydrogen (secondary N) is 1. The summed E-state index contributed by atoms with van der Waals surface area (Å²) in [5.74, 6) is 0.509. The van der Waals surface area contributed by atoms with Gasteiger partial charge in [-0.3, -0.25) is 5.32 Å².